The van der Waals surface area contributed by atoms with E-state index in [1.165, 1.54) is 11.8 Å². The molecule has 2 amide bonds. The van der Waals surface area contributed by atoms with Crippen LogP contribution in [0.1, 0.15) is 25.3 Å². The second-order valence-corrected chi connectivity index (χ2v) is 5.98. The molecule has 1 atom stereocenters. The molecule has 22 heavy (non-hydrogen) atoms. The minimum atomic E-state index is -0.224. The molecule has 1 aromatic carbocycles. The lowest BCUT2D eigenvalue weighted by molar-refractivity contribution is -0.134. The number of amides is 2. The van der Waals surface area contributed by atoms with E-state index in [-0.39, 0.29) is 24.5 Å². The summed E-state index contributed by atoms with van der Waals surface area (Å²) >= 11 is 5.90. The average molecular weight is 325 g/mol. The van der Waals surface area contributed by atoms with E-state index in [1.807, 2.05) is 6.92 Å². The summed E-state index contributed by atoms with van der Waals surface area (Å²) < 4.78 is 5.53. The summed E-state index contributed by atoms with van der Waals surface area (Å²) in [7, 11) is 0. The van der Waals surface area contributed by atoms with E-state index in [4.69, 9.17) is 16.3 Å². The minimum absolute atomic E-state index is 0.0251. The largest absolute Gasteiger partial charge is 0.376 e. The van der Waals surface area contributed by atoms with Crippen LogP contribution >= 0.6 is 11.6 Å². The highest BCUT2D eigenvalue weighted by molar-refractivity contribution is 6.30. The predicted molar refractivity (Wildman–Crippen MR) is 86.0 cm³/mol. The van der Waals surface area contributed by atoms with Gasteiger partial charge in [0.1, 0.15) is 0 Å². The highest BCUT2D eigenvalue weighted by atomic mass is 35.5. The molecule has 0 bridgehead atoms. The van der Waals surface area contributed by atoms with Crippen LogP contribution in [0.4, 0.5) is 5.69 Å². The van der Waals surface area contributed by atoms with Gasteiger partial charge in [0, 0.05) is 30.8 Å². The second kappa shape index (κ2) is 7.61. The zero-order valence-corrected chi connectivity index (χ0v) is 13.7. The standard InChI is InChI=1S/C16H21ClN2O3/c1-11-8-13(17)5-6-15(11)18-16(21)10-19(12(2)20)9-14-4-3-7-22-14/h5-6,8,14H,3-4,7,9-10H2,1-2H3,(H,18,21). The fraction of sp³-hybridized carbons (Fsp3) is 0.500. The third-order valence-corrected chi connectivity index (χ3v) is 3.93. The maximum Gasteiger partial charge on any atom is 0.244 e. The number of rotatable bonds is 5. The molecule has 2 rings (SSSR count). The first-order chi connectivity index (χ1) is 10.5. The van der Waals surface area contributed by atoms with E-state index in [0.29, 0.717) is 17.3 Å². The Balaban J connectivity index is 1.94. The first-order valence-corrected chi connectivity index (χ1v) is 7.76. The molecule has 0 saturated carbocycles. The van der Waals surface area contributed by atoms with Crippen LogP contribution in [0.3, 0.4) is 0 Å². The molecule has 0 radical (unpaired) electrons. The van der Waals surface area contributed by atoms with Gasteiger partial charge in [0.05, 0.1) is 12.6 Å². The summed E-state index contributed by atoms with van der Waals surface area (Å²) in [4.78, 5) is 25.4. The van der Waals surface area contributed by atoms with Crippen LogP contribution < -0.4 is 5.32 Å². The Labute approximate surface area is 135 Å². The number of ether oxygens (including phenoxy) is 1. The zero-order chi connectivity index (χ0) is 16.1. The number of hydrogen-bond acceptors (Lipinski definition) is 3. The number of halogens is 1. The van der Waals surface area contributed by atoms with Gasteiger partial charge in [-0.2, -0.15) is 0 Å². The van der Waals surface area contributed by atoms with Crippen LogP contribution in [-0.2, 0) is 14.3 Å². The smallest absolute Gasteiger partial charge is 0.244 e. The molecule has 1 N–H and O–H groups in total. The Morgan fingerprint density at radius 3 is 2.82 bits per heavy atom. The number of nitrogens with zero attached hydrogens (tertiary/aromatic N) is 1. The Morgan fingerprint density at radius 1 is 1.45 bits per heavy atom. The van der Waals surface area contributed by atoms with Gasteiger partial charge in [0.2, 0.25) is 11.8 Å². The Hall–Kier alpha value is -1.59. The molecule has 1 aliphatic rings. The zero-order valence-electron chi connectivity index (χ0n) is 12.9. The normalized spacial score (nSPS) is 17.3. The highest BCUT2D eigenvalue weighted by Gasteiger charge is 2.22. The van der Waals surface area contributed by atoms with Crippen molar-refractivity contribution in [2.75, 3.05) is 25.0 Å². The number of carbonyl (C=O) groups excluding carboxylic acids is 2. The van der Waals surface area contributed by atoms with E-state index in [0.717, 1.165) is 25.0 Å². The van der Waals surface area contributed by atoms with Crippen molar-refractivity contribution in [2.24, 2.45) is 0 Å². The third kappa shape index (κ3) is 4.71. The SMILES string of the molecule is CC(=O)N(CC(=O)Nc1ccc(Cl)cc1C)CC1CCCO1. The molecular formula is C16H21ClN2O3. The second-order valence-electron chi connectivity index (χ2n) is 5.54. The van der Waals surface area contributed by atoms with Crippen LogP contribution in [0, 0.1) is 6.92 Å². The average Bonchev–Trinajstić information content (AvgIpc) is 2.94. The van der Waals surface area contributed by atoms with E-state index < -0.39 is 0 Å². The summed E-state index contributed by atoms with van der Waals surface area (Å²) in [5.41, 5.74) is 1.59. The van der Waals surface area contributed by atoms with Gasteiger partial charge in [-0.15, -0.1) is 0 Å². The Morgan fingerprint density at radius 2 is 2.23 bits per heavy atom. The van der Waals surface area contributed by atoms with Crippen molar-refractivity contribution in [3.63, 3.8) is 0 Å². The van der Waals surface area contributed by atoms with E-state index in [9.17, 15) is 9.59 Å². The van der Waals surface area contributed by atoms with E-state index in [1.54, 1.807) is 18.2 Å². The summed E-state index contributed by atoms with van der Waals surface area (Å²) in [5, 5.41) is 3.44. The number of carbonyl (C=O) groups is 2. The number of nitrogens with one attached hydrogen (secondary N) is 1. The number of aryl methyl sites for hydroxylation is 1. The van der Waals surface area contributed by atoms with Gasteiger partial charge in [-0.25, -0.2) is 0 Å². The first-order valence-electron chi connectivity index (χ1n) is 7.39. The summed E-state index contributed by atoms with van der Waals surface area (Å²) in [6, 6.07) is 5.26. The van der Waals surface area contributed by atoms with Crippen LogP contribution in [0.15, 0.2) is 18.2 Å². The number of benzene rings is 1. The quantitative estimate of drug-likeness (QED) is 0.905. The van der Waals surface area contributed by atoms with Gasteiger partial charge in [0.25, 0.3) is 0 Å². The van der Waals surface area contributed by atoms with E-state index >= 15 is 0 Å². The molecule has 0 aliphatic carbocycles. The van der Waals surface area contributed by atoms with Gasteiger partial charge in [-0.3, -0.25) is 9.59 Å². The lowest BCUT2D eigenvalue weighted by Gasteiger charge is -2.23. The highest BCUT2D eigenvalue weighted by Crippen LogP contribution is 2.19. The van der Waals surface area contributed by atoms with Crippen molar-refractivity contribution in [1.82, 2.24) is 4.90 Å². The maximum atomic E-state index is 12.2. The van der Waals surface area contributed by atoms with E-state index in [2.05, 4.69) is 5.32 Å². The van der Waals surface area contributed by atoms with Gasteiger partial charge in [0.15, 0.2) is 0 Å². The fourth-order valence-corrected chi connectivity index (χ4v) is 2.70. The molecule has 120 valence electrons. The molecule has 5 nitrogen and oxygen atoms in total. The molecule has 1 aliphatic heterocycles. The number of anilines is 1. The van der Waals surface area contributed by atoms with Gasteiger partial charge >= 0.3 is 0 Å². The topological polar surface area (TPSA) is 58.6 Å². The lowest BCUT2D eigenvalue weighted by atomic mass is 10.2. The molecule has 1 aromatic rings. The Kier molecular flexibility index (Phi) is 5.80. The fourth-order valence-electron chi connectivity index (χ4n) is 2.47. The number of hydrogen-bond donors (Lipinski definition) is 1. The molecule has 1 unspecified atom stereocenters. The summed E-state index contributed by atoms with van der Waals surface area (Å²) in [5.74, 6) is -0.350. The van der Waals surface area contributed by atoms with Crippen LogP contribution in [0.2, 0.25) is 5.02 Å². The van der Waals surface area contributed by atoms with Crippen LogP contribution in [-0.4, -0.2) is 42.5 Å². The summed E-state index contributed by atoms with van der Waals surface area (Å²) in [6.07, 6.45) is 1.97. The monoisotopic (exact) mass is 324 g/mol. The van der Waals surface area contributed by atoms with Crippen molar-refractivity contribution >= 4 is 29.1 Å². The molecule has 1 fully saturated rings. The molecule has 1 heterocycles. The van der Waals surface area contributed by atoms with Crippen molar-refractivity contribution in [1.29, 1.82) is 0 Å². The Bertz CT molecular complexity index is 556. The van der Waals surface area contributed by atoms with Crippen molar-refractivity contribution < 1.29 is 14.3 Å². The molecule has 1 saturated heterocycles. The van der Waals surface area contributed by atoms with Crippen molar-refractivity contribution in [3.8, 4) is 0 Å². The van der Waals surface area contributed by atoms with Crippen molar-refractivity contribution in [2.45, 2.75) is 32.8 Å². The predicted octanol–water partition coefficient (Wildman–Crippen LogP) is 2.61. The van der Waals surface area contributed by atoms with Gasteiger partial charge < -0.3 is 15.0 Å². The van der Waals surface area contributed by atoms with Crippen LogP contribution in [0.5, 0.6) is 0 Å². The maximum absolute atomic E-state index is 12.2. The minimum Gasteiger partial charge on any atom is -0.376 e. The first kappa shape index (κ1) is 16.8. The van der Waals surface area contributed by atoms with Gasteiger partial charge in [-0.1, -0.05) is 11.6 Å². The van der Waals surface area contributed by atoms with Crippen molar-refractivity contribution in [3.05, 3.63) is 28.8 Å². The van der Waals surface area contributed by atoms with Gasteiger partial charge in [-0.05, 0) is 43.5 Å². The molecule has 0 aromatic heterocycles. The summed E-state index contributed by atoms with van der Waals surface area (Å²) in [6.45, 7) is 4.55. The van der Waals surface area contributed by atoms with Crippen LogP contribution in [0.25, 0.3) is 0 Å². The third-order valence-electron chi connectivity index (χ3n) is 3.69. The lowest BCUT2D eigenvalue weighted by Crippen LogP contribution is -2.41. The molecular weight excluding hydrogens is 304 g/mol. The molecule has 6 heteroatoms. The molecule has 0 spiro atoms.